The van der Waals surface area contributed by atoms with Gasteiger partial charge in [-0.05, 0) is 43.5 Å². The summed E-state index contributed by atoms with van der Waals surface area (Å²) in [7, 11) is 0. The molecule has 0 spiro atoms. The lowest BCUT2D eigenvalue weighted by Gasteiger charge is -2.23. The molecule has 0 amide bonds. The third kappa shape index (κ3) is 4.38. The van der Waals surface area contributed by atoms with E-state index >= 15 is 0 Å². The maximum absolute atomic E-state index is 14.8. The Labute approximate surface area is 191 Å². The second kappa shape index (κ2) is 9.14. The van der Waals surface area contributed by atoms with Gasteiger partial charge in [-0.3, -0.25) is 0 Å². The zero-order chi connectivity index (χ0) is 22.8. The maximum Gasteiger partial charge on any atom is 0.322 e. The second-order valence-corrected chi connectivity index (χ2v) is 8.45. The summed E-state index contributed by atoms with van der Waals surface area (Å²) in [5.74, 6) is 0.349. The number of ether oxygens (including phenoxy) is 1. The Bertz CT molecular complexity index is 1230. The van der Waals surface area contributed by atoms with Crippen LogP contribution in [0.1, 0.15) is 43.7 Å². The molecule has 1 aliphatic rings. The maximum atomic E-state index is 14.8. The van der Waals surface area contributed by atoms with Gasteiger partial charge in [0.2, 0.25) is 5.95 Å². The fraction of sp³-hybridized carbons (Fsp3) is 0.391. The van der Waals surface area contributed by atoms with Gasteiger partial charge in [0.1, 0.15) is 11.9 Å². The molecule has 0 bridgehead atoms. The zero-order valence-electron chi connectivity index (χ0n) is 18.7. The number of nitrogens with one attached hydrogen (secondary N) is 2. The SMILES string of the molecule is CC(C)c1cnn2c(NCc3c(F)cccc3-n3cccn3)nc(O[C@@H]3CCCNC3)nc12. The van der Waals surface area contributed by atoms with Crippen LogP contribution in [-0.4, -0.2) is 48.6 Å². The summed E-state index contributed by atoms with van der Waals surface area (Å²) >= 11 is 0. The average molecular weight is 451 g/mol. The quantitative estimate of drug-likeness (QED) is 0.446. The molecule has 1 fully saturated rings. The first-order chi connectivity index (χ1) is 16.1. The van der Waals surface area contributed by atoms with Gasteiger partial charge in [0.25, 0.3) is 0 Å². The van der Waals surface area contributed by atoms with Gasteiger partial charge < -0.3 is 15.4 Å². The van der Waals surface area contributed by atoms with Crippen LogP contribution in [0.5, 0.6) is 6.01 Å². The smallest absolute Gasteiger partial charge is 0.322 e. The zero-order valence-corrected chi connectivity index (χ0v) is 18.7. The minimum atomic E-state index is -0.325. The largest absolute Gasteiger partial charge is 0.459 e. The van der Waals surface area contributed by atoms with Crippen molar-refractivity contribution in [1.82, 2.24) is 34.7 Å². The number of hydrogen-bond donors (Lipinski definition) is 2. The van der Waals surface area contributed by atoms with Gasteiger partial charge in [-0.15, -0.1) is 0 Å². The van der Waals surface area contributed by atoms with Crippen molar-refractivity contribution in [2.45, 2.75) is 45.3 Å². The van der Waals surface area contributed by atoms with E-state index in [1.807, 2.05) is 6.07 Å². The van der Waals surface area contributed by atoms with E-state index in [9.17, 15) is 4.39 Å². The number of fused-ring (bicyclic) bond motifs is 1. The highest BCUT2D eigenvalue weighted by Gasteiger charge is 2.20. The van der Waals surface area contributed by atoms with E-state index in [1.54, 1.807) is 39.9 Å². The highest BCUT2D eigenvalue weighted by atomic mass is 19.1. The molecule has 4 heterocycles. The molecular weight excluding hydrogens is 423 g/mol. The van der Waals surface area contributed by atoms with E-state index in [4.69, 9.17) is 4.74 Å². The van der Waals surface area contributed by atoms with Gasteiger partial charge in [0.05, 0.1) is 11.9 Å². The van der Waals surface area contributed by atoms with Gasteiger partial charge in [-0.2, -0.15) is 24.7 Å². The predicted octanol–water partition coefficient (Wildman–Crippen LogP) is 3.32. The third-order valence-electron chi connectivity index (χ3n) is 5.79. The van der Waals surface area contributed by atoms with Crippen LogP contribution < -0.4 is 15.4 Å². The van der Waals surface area contributed by atoms with Crippen molar-refractivity contribution in [2.75, 3.05) is 18.4 Å². The van der Waals surface area contributed by atoms with Gasteiger partial charge in [0, 0.05) is 36.6 Å². The molecular formula is C23H27FN8O. The summed E-state index contributed by atoms with van der Waals surface area (Å²) in [6, 6.07) is 7.04. The number of benzene rings is 1. The van der Waals surface area contributed by atoms with Crippen molar-refractivity contribution in [3.05, 3.63) is 59.8 Å². The van der Waals surface area contributed by atoms with Crippen molar-refractivity contribution in [2.24, 2.45) is 0 Å². The van der Waals surface area contributed by atoms with E-state index in [2.05, 4.69) is 44.6 Å². The Morgan fingerprint density at radius 2 is 2.15 bits per heavy atom. The monoisotopic (exact) mass is 450 g/mol. The summed E-state index contributed by atoms with van der Waals surface area (Å²) < 4.78 is 24.2. The molecule has 0 unspecified atom stereocenters. The molecule has 10 heteroatoms. The molecule has 3 aromatic heterocycles. The molecule has 33 heavy (non-hydrogen) atoms. The fourth-order valence-corrected chi connectivity index (χ4v) is 4.03. The Hall–Kier alpha value is -3.53. The van der Waals surface area contributed by atoms with Crippen LogP contribution >= 0.6 is 0 Å². The third-order valence-corrected chi connectivity index (χ3v) is 5.79. The van der Waals surface area contributed by atoms with Crippen LogP contribution in [0.25, 0.3) is 11.3 Å². The molecule has 4 aromatic rings. The van der Waals surface area contributed by atoms with E-state index in [0.717, 1.165) is 31.5 Å². The standard InChI is InChI=1S/C23H27FN8O/c1-15(2)17-14-28-32-21(17)29-23(33-16-6-4-9-25-12-16)30-22(32)26-13-18-19(24)7-3-8-20(18)31-11-5-10-27-31/h3,5,7-8,10-11,14-16,25H,4,6,9,12-13H2,1-2H3,(H,26,29,30)/t16-/m1/s1. The first-order valence-electron chi connectivity index (χ1n) is 11.2. The first kappa shape index (κ1) is 21.3. The van der Waals surface area contributed by atoms with Crippen molar-refractivity contribution >= 4 is 11.6 Å². The fourth-order valence-electron chi connectivity index (χ4n) is 4.03. The first-order valence-corrected chi connectivity index (χ1v) is 11.2. The second-order valence-electron chi connectivity index (χ2n) is 8.45. The van der Waals surface area contributed by atoms with Gasteiger partial charge in [-0.25, -0.2) is 9.07 Å². The molecule has 9 nitrogen and oxygen atoms in total. The van der Waals surface area contributed by atoms with Gasteiger partial charge >= 0.3 is 6.01 Å². The van der Waals surface area contributed by atoms with E-state index in [-0.39, 0.29) is 24.4 Å². The molecule has 1 aromatic carbocycles. The molecule has 0 aliphatic carbocycles. The van der Waals surface area contributed by atoms with Crippen molar-refractivity contribution in [3.63, 3.8) is 0 Å². The average Bonchev–Trinajstić information content (AvgIpc) is 3.49. The predicted molar refractivity (Wildman–Crippen MR) is 122 cm³/mol. The summed E-state index contributed by atoms with van der Waals surface area (Å²) in [6.45, 7) is 6.13. The molecule has 0 radical (unpaired) electrons. The van der Waals surface area contributed by atoms with E-state index in [1.165, 1.54) is 6.07 Å². The van der Waals surface area contributed by atoms with Crippen molar-refractivity contribution < 1.29 is 9.13 Å². The van der Waals surface area contributed by atoms with Gasteiger partial charge in [-0.1, -0.05) is 19.9 Å². The van der Waals surface area contributed by atoms with Crippen LogP contribution in [0, 0.1) is 5.82 Å². The molecule has 1 saturated heterocycles. The minimum absolute atomic E-state index is 0.0115. The molecule has 1 aliphatic heterocycles. The Morgan fingerprint density at radius 3 is 2.91 bits per heavy atom. The topological polar surface area (TPSA) is 94.2 Å². The van der Waals surface area contributed by atoms with Gasteiger partial charge in [0.15, 0.2) is 5.65 Å². The number of aromatic nitrogens is 6. The number of piperidine rings is 1. The summed E-state index contributed by atoms with van der Waals surface area (Å²) in [5.41, 5.74) is 2.81. The molecule has 5 rings (SSSR count). The number of halogens is 1. The highest BCUT2D eigenvalue weighted by molar-refractivity contribution is 5.53. The van der Waals surface area contributed by atoms with Crippen LogP contribution in [0.2, 0.25) is 0 Å². The minimum Gasteiger partial charge on any atom is -0.459 e. The molecule has 1 atom stereocenters. The molecule has 2 N–H and O–H groups in total. The summed E-state index contributed by atoms with van der Waals surface area (Å²) in [4.78, 5) is 9.24. The normalized spacial score (nSPS) is 16.4. The Balaban J connectivity index is 1.49. The van der Waals surface area contributed by atoms with Crippen LogP contribution in [-0.2, 0) is 6.54 Å². The summed E-state index contributed by atoms with van der Waals surface area (Å²) in [5, 5.41) is 15.3. The number of anilines is 1. The molecule has 0 saturated carbocycles. The molecule has 172 valence electrons. The van der Waals surface area contributed by atoms with E-state index in [0.29, 0.717) is 28.9 Å². The Morgan fingerprint density at radius 1 is 1.24 bits per heavy atom. The lowest BCUT2D eigenvalue weighted by atomic mass is 10.1. The summed E-state index contributed by atoms with van der Waals surface area (Å²) in [6.07, 6.45) is 7.25. The van der Waals surface area contributed by atoms with Crippen molar-refractivity contribution in [1.29, 1.82) is 0 Å². The van der Waals surface area contributed by atoms with Crippen LogP contribution in [0.15, 0.2) is 42.9 Å². The Kier molecular flexibility index (Phi) is 5.91. The van der Waals surface area contributed by atoms with E-state index < -0.39 is 0 Å². The number of nitrogens with zero attached hydrogens (tertiary/aromatic N) is 6. The highest BCUT2D eigenvalue weighted by Crippen LogP contribution is 2.25. The lowest BCUT2D eigenvalue weighted by molar-refractivity contribution is 0.153. The number of hydrogen-bond acceptors (Lipinski definition) is 7. The van der Waals surface area contributed by atoms with Crippen molar-refractivity contribution in [3.8, 4) is 11.7 Å². The van der Waals surface area contributed by atoms with Crippen LogP contribution in [0.4, 0.5) is 10.3 Å². The lowest BCUT2D eigenvalue weighted by Crippen LogP contribution is -2.37. The number of rotatable bonds is 7. The van der Waals surface area contributed by atoms with Crippen LogP contribution in [0.3, 0.4) is 0 Å².